The number of carbonyl (C=O) groups excluding carboxylic acids is 2. The number of piperazine rings is 1. The van der Waals surface area contributed by atoms with Gasteiger partial charge in [0.05, 0.1) is 4.90 Å². The highest BCUT2D eigenvalue weighted by Gasteiger charge is 2.31. The topological polar surface area (TPSA) is 84.0 Å². The number of hydrogen-bond donors (Lipinski definition) is 0. The molecule has 0 bridgehead atoms. The van der Waals surface area contributed by atoms with Gasteiger partial charge in [-0.2, -0.15) is 4.31 Å². The van der Waals surface area contributed by atoms with Gasteiger partial charge in [0.1, 0.15) is 4.88 Å². The van der Waals surface area contributed by atoms with Gasteiger partial charge in [-0.3, -0.25) is 4.79 Å². The number of rotatable bonds is 5. The van der Waals surface area contributed by atoms with E-state index in [1.165, 1.54) is 26.1 Å². The van der Waals surface area contributed by atoms with Crippen LogP contribution in [0.5, 0.6) is 0 Å². The lowest BCUT2D eigenvalue weighted by atomic mass is 10.2. The van der Waals surface area contributed by atoms with Crippen molar-refractivity contribution in [1.82, 2.24) is 9.21 Å². The lowest BCUT2D eigenvalue weighted by Gasteiger charge is -2.34. The van der Waals surface area contributed by atoms with Crippen molar-refractivity contribution in [2.75, 3.05) is 32.8 Å². The van der Waals surface area contributed by atoms with Crippen LogP contribution in [0.3, 0.4) is 0 Å². The second-order valence-corrected chi connectivity index (χ2v) is 11.1. The van der Waals surface area contributed by atoms with E-state index >= 15 is 0 Å². The van der Waals surface area contributed by atoms with Crippen LogP contribution in [0.2, 0.25) is 0 Å². The first-order valence-electron chi connectivity index (χ1n) is 10.4. The number of hydrogen-bond acceptors (Lipinski definition) is 6. The van der Waals surface area contributed by atoms with Gasteiger partial charge in [-0.25, -0.2) is 13.2 Å². The third kappa shape index (κ3) is 4.53. The van der Waals surface area contributed by atoms with Crippen molar-refractivity contribution in [3.63, 3.8) is 0 Å². The summed E-state index contributed by atoms with van der Waals surface area (Å²) in [5.41, 5.74) is 2.93. The van der Waals surface area contributed by atoms with E-state index < -0.39 is 16.0 Å². The zero-order chi connectivity index (χ0) is 22.2. The zero-order valence-corrected chi connectivity index (χ0v) is 19.4. The Bertz CT molecular complexity index is 1090. The van der Waals surface area contributed by atoms with E-state index in [0.29, 0.717) is 15.3 Å². The van der Waals surface area contributed by atoms with E-state index in [2.05, 4.69) is 0 Å². The number of fused-ring (bicyclic) bond motifs is 1. The quantitative estimate of drug-likeness (QED) is 0.638. The van der Waals surface area contributed by atoms with Crippen LogP contribution in [0, 0.1) is 13.8 Å². The maximum Gasteiger partial charge on any atom is 0.348 e. The zero-order valence-electron chi connectivity index (χ0n) is 17.7. The number of aryl methyl sites for hydroxylation is 4. The summed E-state index contributed by atoms with van der Waals surface area (Å²) in [5, 5.41) is 0. The van der Waals surface area contributed by atoms with Gasteiger partial charge >= 0.3 is 5.97 Å². The van der Waals surface area contributed by atoms with Gasteiger partial charge in [-0.15, -0.1) is 11.3 Å². The van der Waals surface area contributed by atoms with E-state index in [9.17, 15) is 18.0 Å². The van der Waals surface area contributed by atoms with Crippen molar-refractivity contribution in [2.24, 2.45) is 0 Å². The summed E-state index contributed by atoms with van der Waals surface area (Å²) < 4.78 is 32.6. The van der Waals surface area contributed by atoms with Gasteiger partial charge in [0.15, 0.2) is 6.61 Å². The molecule has 0 N–H and O–H groups in total. The Hall–Kier alpha value is -2.23. The number of carbonyl (C=O) groups is 2. The standard InChI is InChI=1S/C22H26N2O5S2/c1-15-6-7-20(16(2)12-15)31(27,28)24-10-8-23(9-11-24)21(25)14-29-22(26)19-13-17-4-3-5-18(17)30-19/h6-7,12-13H,3-5,8-11,14H2,1-2H3. The number of ether oxygens (including phenoxy) is 1. The largest absolute Gasteiger partial charge is 0.451 e. The highest BCUT2D eigenvalue weighted by molar-refractivity contribution is 7.89. The molecule has 166 valence electrons. The van der Waals surface area contributed by atoms with Crippen LogP contribution >= 0.6 is 11.3 Å². The monoisotopic (exact) mass is 462 g/mol. The van der Waals surface area contributed by atoms with Crippen LogP contribution in [0.4, 0.5) is 0 Å². The van der Waals surface area contributed by atoms with Crippen LogP contribution in [0.15, 0.2) is 29.2 Å². The molecule has 1 aliphatic heterocycles. The molecule has 1 aromatic carbocycles. The summed E-state index contributed by atoms with van der Waals surface area (Å²) in [6.45, 7) is 4.36. The molecule has 1 saturated heterocycles. The molecule has 0 spiro atoms. The first kappa shape index (κ1) is 22.0. The van der Waals surface area contributed by atoms with Crippen molar-refractivity contribution in [1.29, 1.82) is 0 Å². The number of nitrogens with zero attached hydrogens (tertiary/aromatic N) is 2. The first-order chi connectivity index (χ1) is 14.8. The second-order valence-electron chi connectivity index (χ2n) is 8.04. The Kier molecular flexibility index (Phi) is 6.18. The third-order valence-corrected chi connectivity index (χ3v) is 9.09. The lowest BCUT2D eigenvalue weighted by Crippen LogP contribution is -2.51. The summed E-state index contributed by atoms with van der Waals surface area (Å²) in [4.78, 5) is 28.4. The van der Waals surface area contributed by atoms with Crippen molar-refractivity contribution < 1.29 is 22.7 Å². The molecule has 2 aromatic rings. The normalized spacial score (nSPS) is 16.9. The van der Waals surface area contributed by atoms with E-state index in [4.69, 9.17) is 4.74 Å². The molecule has 1 aromatic heterocycles. The number of thiophene rings is 1. The van der Waals surface area contributed by atoms with Crippen LogP contribution < -0.4 is 0 Å². The Labute approximate surface area is 186 Å². The molecular weight excluding hydrogens is 436 g/mol. The van der Waals surface area contributed by atoms with Crippen molar-refractivity contribution in [3.8, 4) is 0 Å². The minimum Gasteiger partial charge on any atom is -0.451 e. The maximum atomic E-state index is 13.0. The van der Waals surface area contributed by atoms with Crippen LogP contribution in [0.25, 0.3) is 0 Å². The van der Waals surface area contributed by atoms with E-state index in [1.54, 1.807) is 24.0 Å². The molecule has 7 nitrogen and oxygen atoms in total. The van der Waals surface area contributed by atoms with Gasteiger partial charge in [0.2, 0.25) is 10.0 Å². The molecule has 1 amide bonds. The predicted molar refractivity (Wildman–Crippen MR) is 118 cm³/mol. The summed E-state index contributed by atoms with van der Waals surface area (Å²) in [6.07, 6.45) is 3.12. The van der Waals surface area contributed by atoms with Gasteiger partial charge < -0.3 is 9.64 Å². The molecular formula is C22H26N2O5S2. The fourth-order valence-electron chi connectivity index (χ4n) is 4.13. The van der Waals surface area contributed by atoms with Gasteiger partial charge in [0, 0.05) is 31.1 Å². The van der Waals surface area contributed by atoms with E-state index in [1.807, 2.05) is 19.1 Å². The van der Waals surface area contributed by atoms with E-state index in [-0.39, 0.29) is 38.7 Å². The minimum atomic E-state index is -3.61. The van der Waals surface area contributed by atoms with Crippen molar-refractivity contribution in [2.45, 2.75) is 38.0 Å². The molecule has 1 fully saturated rings. The molecule has 4 rings (SSSR count). The molecule has 2 heterocycles. The Morgan fingerprint density at radius 2 is 1.81 bits per heavy atom. The Morgan fingerprint density at radius 3 is 2.48 bits per heavy atom. The van der Waals surface area contributed by atoms with Gasteiger partial charge in [-0.1, -0.05) is 17.7 Å². The van der Waals surface area contributed by atoms with Gasteiger partial charge in [0.25, 0.3) is 5.91 Å². The molecule has 1 aliphatic carbocycles. The number of amides is 1. The third-order valence-electron chi connectivity index (χ3n) is 5.81. The number of sulfonamides is 1. The summed E-state index contributed by atoms with van der Waals surface area (Å²) in [6, 6.07) is 7.15. The fourth-order valence-corrected chi connectivity index (χ4v) is 6.90. The summed E-state index contributed by atoms with van der Waals surface area (Å²) in [5.74, 6) is -0.773. The Balaban J connectivity index is 1.30. The van der Waals surface area contributed by atoms with Crippen LogP contribution in [0.1, 0.15) is 37.7 Å². The van der Waals surface area contributed by atoms with Crippen LogP contribution in [-0.2, 0) is 32.4 Å². The van der Waals surface area contributed by atoms with Crippen LogP contribution in [-0.4, -0.2) is 62.3 Å². The van der Waals surface area contributed by atoms with Gasteiger partial charge in [-0.05, 0) is 56.4 Å². The molecule has 0 unspecified atom stereocenters. The maximum absolute atomic E-state index is 13.0. The highest BCUT2D eigenvalue weighted by atomic mass is 32.2. The number of esters is 1. The van der Waals surface area contributed by atoms with Crippen molar-refractivity contribution >= 4 is 33.2 Å². The lowest BCUT2D eigenvalue weighted by molar-refractivity contribution is -0.135. The molecule has 2 aliphatic rings. The average molecular weight is 463 g/mol. The molecule has 0 saturated carbocycles. The molecule has 31 heavy (non-hydrogen) atoms. The summed E-state index contributed by atoms with van der Waals surface area (Å²) >= 11 is 1.45. The summed E-state index contributed by atoms with van der Waals surface area (Å²) in [7, 11) is -3.61. The number of benzene rings is 1. The van der Waals surface area contributed by atoms with E-state index in [0.717, 1.165) is 24.8 Å². The molecule has 0 radical (unpaired) electrons. The SMILES string of the molecule is Cc1ccc(S(=O)(=O)N2CCN(C(=O)COC(=O)c3cc4c(s3)CCC4)CC2)c(C)c1. The highest BCUT2D eigenvalue weighted by Crippen LogP contribution is 2.31. The Morgan fingerprint density at radius 1 is 1.06 bits per heavy atom. The molecule has 0 atom stereocenters. The average Bonchev–Trinajstić information content (AvgIpc) is 3.34. The smallest absolute Gasteiger partial charge is 0.348 e. The first-order valence-corrected chi connectivity index (χ1v) is 12.7. The van der Waals surface area contributed by atoms with Crippen molar-refractivity contribution in [3.05, 3.63) is 50.7 Å². The second kappa shape index (κ2) is 8.72. The minimum absolute atomic E-state index is 0.215. The molecule has 9 heteroatoms. The predicted octanol–water partition coefficient (Wildman–Crippen LogP) is 2.54. The fraction of sp³-hybridized carbons (Fsp3) is 0.455.